The molecule has 1 fully saturated rings. The summed E-state index contributed by atoms with van der Waals surface area (Å²) in [7, 11) is 0. The number of carbonyl (C=O) groups excluding carboxylic acids is 1. The number of carbonyl (C=O) groups is 1. The number of hydrogen-bond acceptors (Lipinski definition) is 5. The summed E-state index contributed by atoms with van der Waals surface area (Å²) >= 11 is 0. The molecule has 1 saturated heterocycles. The van der Waals surface area contributed by atoms with E-state index < -0.39 is 0 Å². The molecule has 29 heavy (non-hydrogen) atoms. The maximum atomic E-state index is 12.9. The minimum Gasteiger partial charge on any atom is -0.339 e. The summed E-state index contributed by atoms with van der Waals surface area (Å²) in [4.78, 5) is 19.4. The molecule has 1 aliphatic heterocycles. The van der Waals surface area contributed by atoms with Crippen LogP contribution < -0.4 is 5.32 Å². The molecule has 1 aromatic heterocycles. The number of amides is 1. The molecule has 1 aliphatic rings. The van der Waals surface area contributed by atoms with Crippen molar-refractivity contribution >= 4 is 18.3 Å². The lowest BCUT2D eigenvalue weighted by Gasteiger charge is -2.36. The lowest BCUT2D eigenvalue weighted by molar-refractivity contribution is -0.134. The Bertz CT molecular complexity index is 783. The number of nitrogens with zero attached hydrogens (tertiary/aromatic N) is 3. The summed E-state index contributed by atoms with van der Waals surface area (Å²) in [5.74, 6) is 1.53. The molecular weight excluding hydrogens is 388 g/mol. The Morgan fingerprint density at radius 2 is 2.00 bits per heavy atom. The van der Waals surface area contributed by atoms with Crippen molar-refractivity contribution in [2.24, 2.45) is 0 Å². The van der Waals surface area contributed by atoms with Crippen LogP contribution in [0.5, 0.6) is 0 Å². The molecule has 3 rings (SSSR count). The molecule has 0 aliphatic carbocycles. The van der Waals surface area contributed by atoms with E-state index in [2.05, 4.69) is 67.4 Å². The number of halogens is 1. The summed E-state index contributed by atoms with van der Waals surface area (Å²) < 4.78 is 5.33. The Morgan fingerprint density at radius 1 is 1.28 bits per heavy atom. The van der Waals surface area contributed by atoms with Crippen molar-refractivity contribution in [2.45, 2.75) is 64.8 Å². The molecule has 7 heteroatoms. The van der Waals surface area contributed by atoms with E-state index in [0.29, 0.717) is 24.6 Å². The second kappa shape index (κ2) is 10.2. The fourth-order valence-electron chi connectivity index (χ4n) is 3.47. The smallest absolute Gasteiger partial charge is 0.226 e. The van der Waals surface area contributed by atoms with Crippen molar-refractivity contribution in [2.75, 3.05) is 19.6 Å². The van der Waals surface area contributed by atoms with E-state index in [1.165, 1.54) is 11.1 Å². The predicted octanol–water partition coefficient (Wildman–Crippen LogP) is 3.85. The zero-order valence-electron chi connectivity index (χ0n) is 17.9. The molecule has 1 amide bonds. The quantitative estimate of drug-likeness (QED) is 0.768. The topological polar surface area (TPSA) is 71.3 Å². The van der Waals surface area contributed by atoms with Crippen LogP contribution >= 0.6 is 12.4 Å². The first-order valence-electron chi connectivity index (χ1n) is 10.3. The van der Waals surface area contributed by atoms with E-state index >= 15 is 0 Å². The molecule has 2 aromatic rings. The first-order valence-corrected chi connectivity index (χ1v) is 10.3. The summed E-state index contributed by atoms with van der Waals surface area (Å²) in [5, 5.41) is 7.47. The van der Waals surface area contributed by atoms with Crippen molar-refractivity contribution < 1.29 is 9.32 Å². The normalized spacial score (nSPS) is 17.1. The van der Waals surface area contributed by atoms with Crippen LogP contribution in [0.1, 0.15) is 69.4 Å². The Hall–Kier alpha value is -1.92. The van der Waals surface area contributed by atoms with Crippen molar-refractivity contribution in [3.63, 3.8) is 0 Å². The molecule has 1 N–H and O–H groups in total. The summed E-state index contributed by atoms with van der Waals surface area (Å²) in [5.41, 5.74) is 2.39. The minimum absolute atomic E-state index is 0. The van der Waals surface area contributed by atoms with E-state index in [1.54, 1.807) is 0 Å². The van der Waals surface area contributed by atoms with E-state index in [1.807, 2.05) is 4.90 Å². The molecule has 1 unspecified atom stereocenters. The maximum absolute atomic E-state index is 12.9. The molecule has 6 nitrogen and oxygen atoms in total. The second-order valence-electron chi connectivity index (χ2n) is 8.52. The lowest BCUT2D eigenvalue weighted by atomic mass is 9.96. The van der Waals surface area contributed by atoms with Crippen molar-refractivity contribution in [1.82, 2.24) is 20.4 Å². The van der Waals surface area contributed by atoms with Crippen LogP contribution in [-0.4, -0.2) is 40.6 Å². The van der Waals surface area contributed by atoms with Gasteiger partial charge in [-0.05, 0) is 24.0 Å². The molecule has 1 atom stereocenters. The van der Waals surface area contributed by atoms with Crippen LogP contribution in [0.4, 0.5) is 0 Å². The van der Waals surface area contributed by atoms with E-state index in [9.17, 15) is 4.79 Å². The van der Waals surface area contributed by atoms with Crippen LogP contribution in [0.25, 0.3) is 0 Å². The largest absolute Gasteiger partial charge is 0.339 e. The second-order valence-corrected chi connectivity index (χ2v) is 8.52. The van der Waals surface area contributed by atoms with Crippen LogP contribution in [0, 0.1) is 0 Å². The molecule has 1 aromatic carbocycles. The van der Waals surface area contributed by atoms with Crippen LogP contribution in [0.2, 0.25) is 0 Å². The van der Waals surface area contributed by atoms with Crippen molar-refractivity contribution in [3.8, 4) is 0 Å². The first-order chi connectivity index (χ1) is 13.4. The zero-order chi connectivity index (χ0) is 20.1. The lowest BCUT2D eigenvalue weighted by Crippen LogP contribution is -2.48. The molecule has 2 heterocycles. The number of piperazine rings is 1. The number of nitrogens with one attached hydrogen (secondary N) is 1. The van der Waals surface area contributed by atoms with Gasteiger partial charge in [0.1, 0.15) is 0 Å². The van der Waals surface area contributed by atoms with Gasteiger partial charge in [-0.1, -0.05) is 57.1 Å². The average molecular weight is 421 g/mol. The van der Waals surface area contributed by atoms with E-state index in [0.717, 1.165) is 32.5 Å². The SMILES string of the molecule is CCc1ccc(C2CNCCN2C(=O)CCCc2nc(C(C)(C)C)no2)cc1.Cl. The Balaban J connectivity index is 0.00000300. The van der Waals surface area contributed by atoms with E-state index in [-0.39, 0.29) is 29.8 Å². The van der Waals surface area contributed by atoms with Crippen LogP contribution in [0.3, 0.4) is 0 Å². The predicted molar refractivity (Wildman–Crippen MR) is 116 cm³/mol. The Morgan fingerprint density at radius 3 is 2.62 bits per heavy atom. The third kappa shape index (κ3) is 6.03. The third-order valence-electron chi connectivity index (χ3n) is 5.26. The van der Waals surface area contributed by atoms with Gasteiger partial charge < -0.3 is 14.7 Å². The van der Waals surface area contributed by atoms with Crippen molar-refractivity contribution in [1.29, 1.82) is 0 Å². The van der Waals surface area contributed by atoms with Gasteiger partial charge in [-0.3, -0.25) is 4.79 Å². The van der Waals surface area contributed by atoms with Gasteiger partial charge in [0.2, 0.25) is 11.8 Å². The minimum atomic E-state index is -0.126. The molecule has 0 radical (unpaired) electrons. The highest BCUT2D eigenvalue weighted by Gasteiger charge is 2.27. The molecule has 0 spiro atoms. The van der Waals surface area contributed by atoms with Gasteiger partial charge in [-0.2, -0.15) is 4.98 Å². The van der Waals surface area contributed by atoms with Gasteiger partial charge in [0.25, 0.3) is 0 Å². The van der Waals surface area contributed by atoms with Gasteiger partial charge in [0, 0.05) is 37.9 Å². The Labute approximate surface area is 179 Å². The third-order valence-corrected chi connectivity index (χ3v) is 5.26. The van der Waals surface area contributed by atoms with Gasteiger partial charge in [-0.25, -0.2) is 0 Å². The number of benzene rings is 1. The standard InChI is InChI=1S/C22H32N4O2.ClH/c1-5-16-9-11-17(12-10-16)18-15-23-13-14-26(18)20(27)8-6-7-19-24-21(25-28-19)22(2,3)4;/h9-12,18,23H,5-8,13-15H2,1-4H3;1H. The van der Waals surface area contributed by atoms with Crippen molar-refractivity contribution in [3.05, 3.63) is 47.1 Å². The molecule has 0 saturated carbocycles. The van der Waals surface area contributed by atoms with E-state index in [4.69, 9.17) is 4.52 Å². The summed E-state index contributed by atoms with van der Waals surface area (Å²) in [6.07, 6.45) is 2.88. The zero-order valence-corrected chi connectivity index (χ0v) is 18.7. The van der Waals surface area contributed by atoms with Crippen LogP contribution in [0.15, 0.2) is 28.8 Å². The first kappa shape index (κ1) is 23.4. The fraction of sp³-hybridized carbons (Fsp3) is 0.591. The van der Waals surface area contributed by atoms with Crippen LogP contribution in [-0.2, 0) is 23.1 Å². The van der Waals surface area contributed by atoms with Gasteiger partial charge in [-0.15, -0.1) is 12.4 Å². The fourth-order valence-corrected chi connectivity index (χ4v) is 3.47. The number of aromatic nitrogens is 2. The summed E-state index contributed by atoms with van der Waals surface area (Å²) in [6.45, 7) is 10.7. The number of rotatable bonds is 6. The highest BCUT2D eigenvalue weighted by molar-refractivity contribution is 5.85. The van der Waals surface area contributed by atoms with Gasteiger partial charge in [0.15, 0.2) is 5.82 Å². The van der Waals surface area contributed by atoms with Gasteiger partial charge >= 0.3 is 0 Å². The average Bonchev–Trinajstić information content (AvgIpc) is 3.17. The number of hydrogen-bond donors (Lipinski definition) is 1. The molecule has 0 bridgehead atoms. The Kier molecular flexibility index (Phi) is 8.23. The molecule has 160 valence electrons. The monoisotopic (exact) mass is 420 g/mol. The highest BCUT2D eigenvalue weighted by atomic mass is 35.5. The molecular formula is C22H33ClN4O2. The van der Waals surface area contributed by atoms with Gasteiger partial charge in [0.05, 0.1) is 6.04 Å². The number of aryl methyl sites for hydroxylation is 2. The maximum Gasteiger partial charge on any atom is 0.226 e. The highest BCUT2D eigenvalue weighted by Crippen LogP contribution is 2.24. The summed E-state index contributed by atoms with van der Waals surface area (Å²) in [6, 6.07) is 8.74.